The average Bonchev–Trinajstić information content (AvgIpc) is 3.06. The SMILES string of the molecule is CCC(C)NC(=O)C1CSCN1C(=O)c1ccc(Br)o1. The zero-order chi connectivity index (χ0) is 14.7. The topological polar surface area (TPSA) is 62.6 Å². The third-order valence-electron chi connectivity index (χ3n) is 3.23. The highest BCUT2D eigenvalue weighted by atomic mass is 79.9. The summed E-state index contributed by atoms with van der Waals surface area (Å²) >= 11 is 4.75. The van der Waals surface area contributed by atoms with E-state index < -0.39 is 6.04 Å². The molecule has 5 nitrogen and oxygen atoms in total. The van der Waals surface area contributed by atoms with Gasteiger partial charge in [0, 0.05) is 11.8 Å². The lowest BCUT2D eigenvalue weighted by molar-refractivity contribution is -0.125. The van der Waals surface area contributed by atoms with E-state index in [1.54, 1.807) is 28.8 Å². The van der Waals surface area contributed by atoms with Gasteiger partial charge in [0.1, 0.15) is 6.04 Å². The summed E-state index contributed by atoms with van der Waals surface area (Å²) in [6, 6.07) is 2.97. The number of amides is 2. The molecule has 0 saturated carbocycles. The zero-order valence-corrected chi connectivity index (χ0v) is 13.8. The fraction of sp³-hybridized carbons (Fsp3) is 0.538. The normalized spacial score (nSPS) is 19.9. The molecule has 1 saturated heterocycles. The van der Waals surface area contributed by atoms with Crippen LogP contribution in [0.2, 0.25) is 0 Å². The van der Waals surface area contributed by atoms with Gasteiger partial charge < -0.3 is 14.6 Å². The zero-order valence-electron chi connectivity index (χ0n) is 11.4. The van der Waals surface area contributed by atoms with Crippen molar-refractivity contribution < 1.29 is 14.0 Å². The average molecular weight is 361 g/mol. The van der Waals surface area contributed by atoms with Crippen LogP contribution in [0.5, 0.6) is 0 Å². The molecule has 0 aromatic carbocycles. The molecule has 2 atom stereocenters. The number of rotatable bonds is 4. The first-order chi connectivity index (χ1) is 9.52. The summed E-state index contributed by atoms with van der Waals surface area (Å²) in [5.74, 6) is 1.04. The minimum Gasteiger partial charge on any atom is -0.444 e. The number of thioether (sulfide) groups is 1. The summed E-state index contributed by atoms with van der Waals surface area (Å²) in [6.45, 7) is 3.97. The Balaban J connectivity index is 2.07. The molecule has 110 valence electrons. The minimum absolute atomic E-state index is 0.0941. The van der Waals surface area contributed by atoms with Crippen LogP contribution >= 0.6 is 27.7 Å². The third-order valence-corrected chi connectivity index (χ3v) is 4.67. The first-order valence-corrected chi connectivity index (χ1v) is 8.42. The number of nitrogens with one attached hydrogen (secondary N) is 1. The van der Waals surface area contributed by atoms with Crippen LogP contribution in [0.4, 0.5) is 0 Å². The van der Waals surface area contributed by atoms with Gasteiger partial charge in [-0.2, -0.15) is 0 Å². The summed E-state index contributed by atoms with van der Waals surface area (Å²) in [5.41, 5.74) is 0. The molecular weight excluding hydrogens is 344 g/mol. The molecule has 2 heterocycles. The predicted molar refractivity (Wildman–Crippen MR) is 81.6 cm³/mol. The van der Waals surface area contributed by atoms with Gasteiger partial charge in [0.05, 0.1) is 5.88 Å². The maximum absolute atomic E-state index is 12.3. The highest BCUT2D eigenvalue weighted by molar-refractivity contribution is 9.10. The number of halogens is 1. The highest BCUT2D eigenvalue weighted by Crippen LogP contribution is 2.25. The van der Waals surface area contributed by atoms with Gasteiger partial charge in [-0.15, -0.1) is 11.8 Å². The van der Waals surface area contributed by atoms with Crippen LogP contribution in [0.25, 0.3) is 0 Å². The van der Waals surface area contributed by atoms with Crippen LogP contribution in [-0.2, 0) is 4.79 Å². The lowest BCUT2D eigenvalue weighted by Crippen LogP contribution is -2.49. The molecule has 2 rings (SSSR count). The summed E-state index contributed by atoms with van der Waals surface area (Å²) in [4.78, 5) is 26.1. The first kappa shape index (κ1) is 15.4. The van der Waals surface area contributed by atoms with Gasteiger partial charge in [0.2, 0.25) is 5.91 Å². The maximum Gasteiger partial charge on any atom is 0.291 e. The fourth-order valence-electron chi connectivity index (χ4n) is 1.87. The second kappa shape index (κ2) is 6.67. The van der Waals surface area contributed by atoms with Gasteiger partial charge in [-0.05, 0) is 41.4 Å². The van der Waals surface area contributed by atoms with Gasteiger partial charge in [0.25, 0.3) is 5.91 Å². The first-order valence-electron chi connectivity index (χ1n) is 6.47. The Morgan fingerprint density at radius 2 is 2.35 bits per heavy atom. The lowest BCUT2D eigenvalue weighted by Gasteiger charge is -2.23. The van der Waals surface area contributed by atoms with Crippen molar-refractivity contribution in [3.63, 3.8) is 0 Å². The van der Waals surface area contributed by atoms with E-state index >= 15 is 0 Å². The molecule has 0 aliphatic carbocycles. The number of furan rings is 1. The Kier molecular flexibility index (Phi) is 5.15. The van der Waals surface area contributed by atoms with Crippen LogP contribution in [0.15, 0.2) is 21.2 Å². The van der Waals surface area contributed by atoms with E-state index in [0.29, 0.717) is 16.3 Å². The van der Waals surface area contributed by atoms with E-state index in [2.05, 4.69) is 21.2 Å². The largest absolute Gasteiger partial charge is 0.444 e. The van der Waals surface area contributed by atoms with E-state index in [4.69, 9.17) is 4.42 Å². The van der Waals surface area contributed by atoms with Crippen LogP contribution in [-0.4, -0.2) is 40.4 Å². The quantitative estimate of drug-likeness (QED) is 0.895. The van der Waals surface area contributed by atoms with E-state index in [9.17, 15) is 9.59 Å². The standard InChI is InChI=1S/C13H17BrN2O3S/c1-3-8(2)15-12(17)9-6-20-7-16(9)13(18)10-4-5-11(14)19-10/h4-5,8-9H,3,6-7H2,1-2H3,(H,15,17). The second-order valence-corrected chi connectivity index (χ2v) is 6.49. The van der Waals surface area contributed by atoms with Crippen molar-refractivity contribution in [2.75, 3.05) is 11.6 Å². The van der Waals surface area contributed by atoms with Crippen molar-refractivity contribution in [3.05, 3.63) is 22.6 Å². The number of carbonyl (C=O) groups is 2. The highest BCUT2D eigenvalue weighted by Gasteiger charge is 2.36. The van der Waals surface area contributed by atoms with Crippen molar-refractivity contribution in [1.29, 1.82) is 0 Å². The van der Waals surface area contributed by atoms with Gasteiger partial charge in [-0.1, -0.05) is 6.92 Å². The Labute approximate surface area is 130 Å². The van der Waals surface area contributed by atoms with E-state index in [0.717, 1.165) is 6.42 Å². The van der Waals surface area contributed by atoms with Crippen molar-refractivity contribution in [1.82, 2.24) is 10.2 Å². The third kappa shape index (κ3) is 3.38. The Bertz CT molecular complexity index is 506. The van der Waals surface area contributed by atoms with Gasteiger partial charge in [-0.25, -0.2) is 0 Å². The molecule has 0 radical (unpaired) electrons. The number of hydrogen-bond donors (Lipinski definition) is 1. The van der Waals surface area contributed by atoms with Gasteiger partial charge in [0.15, 0.2) is 10.4 Å². The number of carbonyl (C=O) groups excluding carboxylic acids is 2. The van der Waals surface area contributed by atoms with Crippen molar-refractivity contribution in [3.8, 4) is 0 Å². The molecule has 1 fully saturated rings. The van der Waals surface area contributed by atoms with Crippen molar-refractivity contribution >= 4 is 39.5 Å². The molecule has 2 unspecified atom stereocenters. The molecule has 1 aromatic heterocycles. The maximum atomic E-state index is 12.3. The van der Waals surface area contributed by atoms with Crippen LogP contribution < -0.4 is 5.32 Å². The molecule has 1 N–H and O–H groups in total. The molecule has 2 amide bonds. The molecule has 0 spiro atoms. The van der Waals surface area contributed by atoms with Gasteiger partial charge >= 0.3 is 0 Å². The smallest absolute Gasteiger partial charge is 0.291 e. The van der Waals surface area contributed by atoms with Crippen molar-refractivity contribution in [2.45, 2.75) is 32.4 Å². The molecule has 1 aliphatic rings. The molecule has 0 bridgehead atoms. The second-order valence-electron chi connectivity index (χ2n) is 4.71. The molecule has 7 heteroatoms. The molecule has 1 aromatic rings. The Morgan fingerprint density at radius 3 is 2.95 bits per heavy atom. The monoisotopic (exact) mass is 360 g/mol. The van der Waals surface area contributed by atoms with E-state index in [1.807, 2.05) is 13.8 Å². The molecular formula is C13H17BrN2O3S. The molecule has 20 heavy (non-hydrogen) atoms. The Hall–Kier alpha value is -0.950. The van der Waals surface area contributed by atoms with E-state index in [1.165, 1.54) is 0 Å². The lowest BCUT2D eigenvalue weighted by atomic mass is 10.2. The minimum atomic E-state index is -0.426. The van der Waals surface area contributed by atoms with Crippen LogP contribution in [0.1, 0.15) is 30.8 Å². The van der Waals surface area contributed by atoms with Crippen molar-refractivity contribution in [2.24, 2.45) is 0 Å². The van der Waals surface area contributed by atoms with Gasteiger partial charge in [-0.3, -0.25) is 9.59 Å². The Morgan fingerprint density at radius 1 is 1.60 bits per heavy atom. The predicted octanol–water partition coefficient (Wildman–Crippen LogP) is 2.47. The van der Waals surface area contributed by atoms with Crippen LogP contribution in [0, 0.1) is 0 Å². The summed E-state index contributed by atoms with van der Waals surface area (Å²) in [5, 5.41) is 2.93. The molecule has 1 aliphatic heterocycles. The van der Waals surface area contributed by atoms with Crippen LogP contribution in [0.3, 0.4) is 0 Å². The summed E-state index contributed by atoms with van der Waals surface area (Å²) in [7, 11) is 0. The number of hydrogen-bond acceptors (Lipinski definition) is 4. The summed E-state index contributed by atoms with van der Waals surface area (Å²) in [6.07, 6.45) is 0.866. The number of nitrogens with zero attached hydrogens (tertiary/aromatic N) is 1. The summed E-state index contributed by atoms with van der Waals surface area (Å²) < 4.78 is 5.78. The van der Waals surface area contributed by atoms with E-state index in [-0.39, 0.29) is 23.6 Å². The fourth-order valence-corrected chi connectivity index (χ4v) is 3.33.